The third-order valence-electron chi connectivity index (χ3n) is 2.70. The number of esters is 1. The first-order valence-electron chi connectivity index (χ1n) is 6.54. The van der Waals surface area contributed by atoms with Crippen LogP contribution in [0, 0.1) is 0 Å². The molecule has 0 fully saturated rings. The van der Waals surface area contributed by atoms with E-state index < -0.39 is 5.69 Å². The molecule has 0 aliphatic heterocycles. The molecule has 0 unspecified atom stereocenters. The number of aromatic amines is 1. The Morgan fingerprint density at radius 2 is 2.19 bits per heavy atom. The summed E-state index contributed by atoms with van der Waals surface area (Å²) in [6, 6.07) is 7.25. The lowest BCUT2D eigenvalue weighted by atomic mass is 10.2. The van der Waals surface area contributed by atoms with Crippen molar-refractivity contribution in [3.8, 4) is 0 Å². The lowest BCUT2D eigenvalue weighted by Gasteiger charge is -2.05. The molecule has 0 atom stereocenters. The molecule has 1 aromatic heterocycles. The zero-order valence-electron chi connectivity index (χ0n) is 11.8. The van der Waals surface area contributed by atoms with E-state index in [2.05, 4.69) is 20.5 Å². The summed E-state index contributed by atoms with van der Waals surface area (Å²) in [6.07, 6.45) is 0.0853. The summed E-state index contributed by atoms with van der Waals surface area (Å²) in [5.74, 6) is 0.00170. The van der Waals surface area contributed by atoms with Crippen molar-refractivity contribution in [3.63, 3.8) is 0 Å². The highest BCUT2D eigenvalue weighted by molar-refractivity contribution is 5.98. The Labute approximate surface area is 121 Å². The smallest absolute Gasteiger partial charge is 0.347 e. The Hall–Kier alpha value is -2.70. The van der Waals surface area contributed by atoms with Gasteiger partial charge in [0.15, 0.2) is 5.82 Å². The van der Waals surface area contributed by atoms with Crippen LogP contribution in [-0.4, -0.2) is 28.3 Å². The molecule has 21 heavy (non-hydrogen) atoms. The first-order valence-corrected chi connectivity index (χ1v) is 6.54. The van der Waals surface area contributed by atoms with Crippen LogP contribution >= 0.6 is 0 Å². The van der Waals surface area contributed by atoms with Crippen LogP contribution in [0.3, 0.4) is 0 Å². The van der Waals surface area contributed by atoms with E-state index in [4.69, 9.17) is 4.74 Å². The quantitative estimate of drug-likeness (QED) is 0.495. The Bertz CT molecular complexity index is 736. The van der Waals surface area contributed by atoms with E-state index in [0.29, 0.717) is 23.7 Å². The van der Waals surface area contributed by atoms with Crippen LogP contribution in [-0.2, 0) is 9.53 Å². The number of rotatable bonds is 5. The normalized spacial score (nSPS) is 11.4. The average molecular weight is 288 g/mol. The summed E-state index contributed by atoms with van der Waals surface area (Å²) in [6.45, 7) is 3.77. The zero-order valence-corrected chi connectivity index (χ0v) is 11.8. The van der Waals surface area contributed by atoms with Gasteiger partial charge in [-0.3, -0.25) is 10.2 Å². The lowest BCUT2D eigenvalue weighted by molar-refractivity contribution is -0.141. The summed E-state index contributed by atoms with van der Waals surface area (Å²) in [4.78, 5) is 29.3. The number of carbonyl (C=O) groups excluding carboxylic acids is 1. The molecule has 0 saturated carbocycles. The molecule has 0 radical (unpaired) electrons. The first-order chi connectivity index (χ1) is 10.1. The maximum Gasteiger partial charge on any atom is 0.347 e. The lowest BCUT2D eigenvalue weighted by Crippen LogP contribution is -2.14. The highest BCUT2D eigenvalue weighted by atomic mass is 16.5. The number of nitrogens with one attached hydrogen (secondary N) is 2. The number of benzene rings is 1. The zero-order chi connectivity index (χ0) is 15.2. The van der Waals surface area contributed by atoms with Crippen molar-refractivity contribution in [2.45, 2.75) is 20.3 Å². The van der Waals surface area contributed by atoms with Gasteiger partial charge in [0.2, 0.25) is 0 Å². The highest BCUT2D eigenvalue weighted by Crippen LogP contribution is 2.16. The van der Waals surface area contributed by atoms with Crippen molar-refractivity contribution < 1.29 is 9.53 Å². The maximum atomic E-state index is 11.5. The Morgan fingerprint density at radius 3 is 2.95 bits per heavy atom. The van der Waals surface area contributed by atoms with Gasteiger partial charge in [-0.05, 0) is 26.0 Å². The number of hydrazone groups is 1. The molecule has 0 bridgehead atoms. The fourth-order valence-corrected chi connectivity index (χ4v) is 1.80. The fourth-order valence-electron chi connectivity index (χ4n) is 1.80. The van der Waals surface area contributed by atoms with Crippen molar-refractivity contribution in [1.82, 2.24) is 9.97 Å². The van der Waals surface area contributed by atoms with Gasteiger partial charge in [0.25, 0.3) is 0 Å². The van der Waals surface area contributed by atoms with Crippen LogP contribution in [0.2, 0.25) is 0 Å². The molecule has 1 aromatic carbocycles. The van der Waals surface area contributed by atoms with Gasteiger partial charge in [-0.2, -0.15) is 10.1 Å². The van der Waals surface area contributed by atoms with Gasteiger partial charge in [-0.1, -0.05) is 12.1 Å². The van der Waals surface area contributed by atoms with Crippen LogP contribution in [0.5, 0.6) is 0 Å². The second-order valence-electron chi connectivity index (χ2n) is 4.38. The second-order valence-corrected chi connectivity index (χ2v) is 4.38. The van der Waals surface area contributed by atoms with Crippen molar-refractivity contribution in [1.29, 1.82) is 0 Å². The summed E-state index contributed by atoms with van der Waals surface area (Å²) in [5, 5.41) is 4.80. The molecule has 2 rings (SSSR count). The molecule has 7 nitrogen and oxygen atoms in total. The predicted octanol–water partition coefficient (Wildman–Crippen LogP) is 1.66. The van der Waals surface area contributed by atoms with Crippen molar-refractivity contribution in [3.05, 3.63) is 34.7 Å². The van der Waals surface area contributed by atoms with Crippen LogP contribution in [0.4, 0.5) is 5.82 Å². The molecular formula is C14H16N4O3. The number of aromatic nitrogens is 2. The van der Waals surface area contributed by atoms with Gasteiger partial charge in [0, 0.05) is 11.1 Å². The summed E-state index contributed by atoms with van der Waals surface area (Å²) < 4.78 is 4.84. The number of carbonyl (C=O) groups is 1. The van der Waals surface area contributed by atoms with E-state index in [1.165, 1.54) is 0 Å². The monoisotopic (exact) mass is 288 g/mol. The van der Waals surface area contributed by atoms with Gasteiger partial charge >= 0.3 is 11.7 Å². The van der Waals surface area contributed by atoms with Crippen LogP contribution in [0.25, 0.3) is 10.9 Å². The maximum absolute atomic E-state index is 11.5. The minimum Gasteiger partial charge on any atom is -0.466 e. The number of hydrogen-bond donors (Lipinski definition) is 2. The molecule has 0 spiro atoms. The molecule has 110 valence electrons. The van der Waals surface area contributed by atoms with Crippen molar-refractivity contribution >= 4 is 28.4 Å². The van der Waals surface area contributed by atoms with Gasteiger partial charge in [-0.15, -0.1) is 0 Å². The van der Waals surface area contributed by atoms with E-state index in [-0.39, 0.29) is 12.4 Å². The molecule has 2 aromatic rings. The summed E-state index contributed by atoms with van der Waals surface area (Å²) in [5.41, 5.74) is 3.47. The molecule has 0 amide bonds. The number of nitrogens with zero attached hydrogens (tertiary/aromatic N) is 2. The largest absolute Gasteiger partial charge is 0.466 e. The number of fused-ring (bicyclic) bond motifs is 1. The van der Waals surface area contributed by atoms with Gasteiger partial charge in [-0.25, -0.2) is 4.79 Å². The number of para-hydroxylation sites is 1. The Kier molecular flexibility index (Phi) is 4.65. The van der Waals surface area contributed by atoms with E-state index in [1.54, 1.807) is 19.9 Å². The van der Waals surface area contributed by atoms with Crippen LogP contribution in [0.15, 0.2) is 34.2 Å². The average Bonchev–Trinajstić information content (AvgIpc) is 2.44. The number of anilines is 1. The van der Waals surface area contributed by atoms with Crippen molar-refractivity contribution in [2.75, 3.05) is 12.0 Å². The summed E-state index contributed by atoms with van der Waals surface area (Å²) in [7, 11) is 0. The number of hydrogen-bond acceptors (Lipinski definition) is 6. The number of ether oxygens (including phenoxy) is 1. The standard InChI is InChI=1S/C14H16N4O3/c1-3-21-12(19)8-9(2)17-18-13-10-6-4-5-7-11(10)15-14(20)16-13/h4-7H,3,8H2,1-2H3,(H2,15,16,18,20). The van der Waals surface area contributed by atoms with Gasteiger partial charge in [0.1, 0.15) is 0 Å². The third kappa shape index (κ3) is 3.88. The van der Waals surface area contributed by atoms with E-state index in [1.807, 2.05) is 18.2 Å². The highest BCUT2D eigenvalue weighted by Gasteiger charge is 2.06. The third-order valence-corrected chi connectivity index (χ3v) is 2.70. The minimum atomic E-state index is -0.463. The fraction of sp³-hybridized carbons (Fsp3) is 0.286. The van der Waals surface area contributed by atoms with Crippen LogP contribution in [0.1, 0.15) is 20.3 Å². The Balaban J connectivity index is 2.20. The molecule has 0 aliphatic carbocycles. The molecule has 0 saturated heterocycles. The van der Waals surface area contributed by atoms with E-state index in [9.17, 15) is 9.59 Å². The predicted molar refractivity (Wildman–Crippen MR) is 80.3 cm³/mol. The first kappa shape index (κ1) is 14.7. The SMILES string of the molecule is CCOC(=O)CC(C)=NNc1nc(=O)[nH]c2ccccc12. The topological polar surface area (TPSA) is 96.4 Å². The molecule has 1 heterocycles. The van der Waals surface area contributed by atoms with Crippen molar-refractivity contribution in [2.24, 2.45) is 5.10 Å². The van der Waals surface area contributed by atoms with Crippen LogP contribution < -0.4 is 11.1 Å². The van der Waals surface area contributed by atoms with E-state index >= 15 is 0 Å². The number of H-pyrrole nitrogens is 1. The summed E-state index contributed by atoms with van der Waals surface area (Å²) >= 11 is 0. The van der Waals surface area contributed by atoms with Gasteiger partial charge in [0.05, 0.1) is 18.5 Å². The molecule has 0 aliphatic rings. The molecule has 2 N–H and O–H groups in total. The van der Waals surface area contributed by atoms with E-state index in [0.717, 1.165) is 5.39 Å². The molecule has 7 heteroatoms. The minimum absolute atomic E-state index is 0.0853. The molecular weight excluding hydrogens is 272 g/mol. The van der Waals surface area contributed by atoms with Gasteiger partial charge < -0.3 is 9.72 Å². The second kappa shape index (κ2) is 6.65. The Morgan fingerprint density at radius 1 is 1.43 bits per heavy atom.